The summed E-state index contributed by atoms with van der Waals surface area (Å²) in [7, 11) is 0. The summed E-state index contributed by atoms with van der Waals surface area (Å²) in [6.45, 7) is 2.06. The van der Waals surface area contributed by atoms with Crippen LogP contribution in [0, 0.1) is 0 Å². The lowest BCUT2D eigenvalue weighted by Crippen LogP contribution is -2.32. The fourth-order valence-corrected chi connectivity index (χ4v) is 2.05. The predicted octanol–water partition coefficient (Wildman–Crippen LogP) is 2.09. The van der Waals surface area contributed by atoms with E-state index >= 15 is 0 Å². The summed E-state index contributed by atoms with van der Waals surface area (Å²) < 4.78 is 0. The molecular weight excluding hydrogens is 242 g/mol. The van der Waals surface area contributed by atoms with E-state index in [1.165, 1.54) is 5.56 Å². The van der Waals surface area contributed by atoms with Crippen LogP contribution < -0.4 is 5.32 Å². The quantitative estimate of drug-likeness (QED) is 0.824. The third kappa shape index (κ3) is 3.81. The van der Waals surface area contributed by atoms with Gasteiger partial charge in [0.1, 0.15) is 0 Å². The lowest BCUT2D eigenvalue weighted by molar-refractivity contribution is -0.139. The summed E-state index contributed by atoms with van der Waals surface area (Å²) in [5.41, 5.74) is 1.96. The number of aliphatic carboxylic acids is 1. The second kappa shape index (κ2) is 5.87. The van der Waals surface area contributed by atoms with Crippen molar-refractivity contribution in [3.63, 3.8) is 0 Å². The average molecular weight is 261 g/mol. The Morgan fingerprint density at radius 1 is 1.32 bits per heavy atom. The van der Waals surface area contributed by atoms with Gasteiger partial charge in [-0.25, -0.2) is 0 Å². The molecule has 4 heteroatoms. The first-order chi connectivity index (χ1) is 9.10. The Morgan fingerprint density at radius 3 is 2.42 bits per heavy atom. The van der Waals surface area contributed by atoms with Crippen LogP contribution in [-0.4, -0.2) is 23.0 Å². The number of carbonyl (C=O) groups is 2. The Kier molecular flexibility index (Phi) is 4.20. The van der Waals surface area contributed by atoms with Crippen LogP contribution in [0.2, 0.25) is 0 Å². The van der Waals surface area contributed by atoms with Gasteiger partial charge in [0, 0.05) is 6.04 Å². The van der Waals surface area contributed by atoms with Gasteiger partial charge in [-0.2, -0.15) is 0 Å². The molecule has 2 rings (SSSR count). The highest BCUT2D eigenvalue weighted by Crippen LogP contribution is 2.24. The van der Waals surface area contributed by atoms with Crippen molar-refractivity contribution in [1.82, 2.24) is 5.32 Å². The van der Waals surface area contributed by atoms with Crippen molar-refractivity contribution in [2.24, 2.45) is 0 Å². The molecule has 2 N–H and O–H groups in total. The van der Waals surface area contributed by atoms with E-state index in [2.05, 4.69) is 12.2 Å². The van der Waals surface area contributed by atoms with Crippen LogP contribution in [0.5, 0.6) is 0 Å². The summed E-state index contributed by atoms with van der Waals surface area (Å²) >= 11 is 0. The van der Waals surface area contributed by atoms with Gasteiger partial charge in [0.15, 0.2) is 0 Å². The molecule has 0 aliphatic heterocycles. The van der Waals surface area contributed by atoms with Crippen molar-refractivity contribution in [1.29, 1.82) is 0 Å². The number of rotatable bonds is 6. The number of amides is 1. The molecule has 1 aliphatic rings. The maximum Gasteiger partial charge on any atom is 0.304 e. The molecule has 19 heavy (non-hydrogen) atoms. The minimum Gasteiger partial charge on any atom is -0.481 e. The molecular formula is C15H19NO3. The summed E-state index contributed by atoms with van der Waals surface area (Å²) in [6.07, 6.45) is 2.77. The van der Waals surface area contributed by atoms with Gasteiger partial charge in [-0.1, -0.05) is 31.2 Å². The molecule has 0 bridgehead atoms. The van der Waals surface area contributed by atoms with Crippen LogP contribution in [0.3, 0.4) is 0 Å². The summed E-state index contributed by atoms with van der Waals surface area (Å²) in [4.78, 5) is 23.0. The highest BCUT2D eigenvalue weighted by atomic mass is 16.4. The second-order valence-electron chi connectivity index (χ2n) is 5.03. The smallest absolute Gasteiger partial charge is 0.304 e. The Balaban J connectivity index is 2.14. The molecule has 102 valence electrons. The fraction of sp³-hybridized carbons (Fsp3) is 0.467. The van der Waals surface area contributed by atoms with Gasteiger partial charge in [-0.05, 0) is 30.4 Å². The number of aryl methyl sites for hydroxylation is 1. The van der Waals surface area contributed by atoms with E-state index in [4.69, 9.17) is 5.11 Å². The second-order valence-corrected chi connectivity index (χ2v) is 5.03. The Labute approximate surface area is 112 Å². The third-order valence-corrected chi connectivity index (χ3v) is 3.41. The zero-order valence-corrected chi connectivity index (χ0v) is 11.1. The van der Waals surface area contributed by atoms with Crippen molar-refractivity contribution in [2.45, 2.75) is 44.6 Å². The first-order valence-corrected chi connectivity index (χ1v) is 6.71. The van der Waals surface area contributed by atoms with Crippen molar-refractivity contribution < 1.29 is 14.7 Å². The van der Waals surface area contributed by atoms with E-state index in [9.17, 15) is 9.59 Å². The third-order valence-electron chi connectivity index (χ3n) is 3.41. The molecule has 1 unspecified atom stereocenters. The van der Waals surface area contributed by atoms with Crippen LogP contribution in [-0.2, 0) is 16.0 Å². The molecule has 0 radical (unpaired) electrons. The fourth-order valence-electron chi connectivity index (χ4n) is 2.05. The molecule has 0 spiro atoms. The number of benzene rings is 1. The molecule has 0 aromatic heterocycles. The largest absolute Gasteiger partial charge is 0.481 e. The van der Waals surface area contributed by atoms with Crippen LogP contribution in [0.1, 0.15) is 43.2 Å². The van der Waals surface area contributed by atoms with Gasteiger partial charge >= 0.3 is 5.97 Å². The maximum atomic E-state index is 12.1. The van der Waals surface area contributed by atoms with Crippen molar-refractivity contribution in [3.8, 4) is 0 Å². The van der Waals surface area contributed by atoms with Gasteiger partial charge in [0.25, 0.3) is 0 Å². The molecule has 1 aliphatic carbocycles. The summed E-state index contributed by atoms with van der Waals surface area (Å²) in [6, 6.07) is 7.87. The number of carbonyl (C=O) groups excluding carboxylic acids is 1. The Hall–Kier alpha value is -1.84. The van der Waals surface area contributed by atoms with E-state index < -0.39 is 11.9 Å². The normalized spacial score (nSPS) is 15.8. The predicted molar refractivity (Wildman–Crippen MR) is 72.0 cm³/mol. The number of carboxylic acids is 1. The van der Waals surface area contributed by atoms with E-state index in [0.29, 0.717) is 0 Å². The van der Waals surface area contributed by atoms with Gasteiger partial charge in [-0.3, -0.25) is 9.59 Å². The number of nitrogens with one attached hydrogen (secondary N) is 1. The lowest BCUT2D eigenvalue weighted by atomic mass is 9.93. The van der Waals surface area contributed by atoms with Gasteiger partial charge in [0.2, 0.25) is 5.91 Å². The monoisotopic (exact) mass is 261 g/mol. The van der Waals surface area contributed by atoms with Crippen molar-refractivity contribution >= 4 is 11.9 Å². The summed E-state index contributed by atoms with van der Waals surface area (Å²) in [5, 5.41) is 11.8. The zero-order chi connectivity index (χ0) is 13.8. The molecule has 0 saturated heterocycles. The Bertz CT molecular complexity index is 463. The highest BCUT2D eigenvalue weighted by molar-refractivity contribution is 5.88. The minimum absolute atomic E-state index is 0.163. The Morgan fingerprint density at radius 2 is 1.95 bits per heavy atom. The van der Waals surface area contributed by atoms with E-state index in [1.54, 1.807) is 0 Å². The van der Waals surface area contributed by atoms with Gasteiger partial charge < -0.3 is 10.4 Å². The molecule has 1 atom stereocenters. The zero-order valence-electron chi connectivity index (χ0n) is 11.1. The number of hydrogen-bond donors (Lipinski definition) is 2. The molecule has 1 saturated carbocycles. The SMILES string of the molecule is CCc1ccc(C(CC(=O)O)C(=O)NC2CC2)cc1. The first kappa shape index (κ1) is 13.6. The maximum absolute atomic E-state index is 12.1. The van der Waals surface area contributed by atoms with Gasteiger partial charge in [-0.15, -0.1) is 0 Å². The lowest BCUT2D eigenvalue weighted by Gasteiger charge is -2.15. The van der Waals surface area contributed by atoms with Crippen LogP contribution in [0.25, 0.3) is 0 Å². The first-order valence-electron chi connectivity index (χ1n) is 6.71. The number of hydrogen-bond acceptors (Lipinski definition) is 2. The molecule has 4 nitrogen and oxygen atoms in total. The van der Waals surface area contributed by atoms with Gasteiger partial charge in [0.05, 0.1) is 12.3 Å². The van der Waals surface area contributed by atoms with Crippen LogP contribution in [0.15, 0.2) is 24.3 Å². The summed E-state index contributed by atoms with van der Waals surface area (Å²) in [5.74, 6) is -1.71. The van der Waals surface area contributed by atoms with Crippen LogP contribution >= 0.6 is 0 Å². The van der Waals surface area contributed by atoms with Crippen LogP contribution in [0.4, 0.5) is 0 Å². The van der Waals surface area contributed by atoms with E-state index in [1.807, 2.05) is 24.3 Å². The molecule has 1 amide bonds. The van der Waals surface area contributed by atoms with E-state index in [0.717, 1.165) is 24.8 Å². The van der Waals surface area contributed by atoms with Crippen molar-refractivity contribution in [3.05, 3.63) is 35.4 Å². The standard InChI is InChI=1S/C15H19NO3/c1-2-10-3-5-11(6-4-10)13(9-14(17)18)15(19)16-12-7-8-12/h3-6,12-13H,2,7-9H2,1H3,(H,16,19)(H,17,18). The highest BCUT2D eigenvalue weighted by Gasteiger charge is 2.29. The van der Waals surface area contributed by atoms with E-state index in [-0.39, 0.29) is 18.4 Å². The van der Waals surface area contributed by atoms with Crippen molar-refractivity contribution in [2.75, 3.05) is 0 Å². The molecule has 1 aromatic rings. The minimum atomic E-state index is -0.949. The molecule has 1 aromatic carbocycles. The average Bonchev–Trinajstić information content (AvgIpc) is 3.20. The topological polar surface area (TPSA) is 66.4 Å². The number of carboxylic acid groups (broad SMARTS) is 1. The molecule has 1 fully saturated rings. The molecule has 0 heterocycles.